The third-order valence-corrected chi connectivity index (χ3v) is 6.10. The molecule has 1 saturated heterocycles. The SMILES string of the molecule is CCO[C@H]1CN(c2ccccn2)CC1Nc1c(C)nc(-c2ccc(OC)cc2C)n(C)c1=O. The summed E-state index contributed by atoms with van der Waals surface area (Å²) < 4.78 is 12.9. The van der Waals surface area contributed by atoms with Gasteiger partial charge < -0.3 is 19.7 Å². The van der Waals surface area contributed by atoms with Gasteiger partial charge >= 0.3 is 0 Å². The average Bonchev–Trinajstić information content (AvgIpc) is 3.22. The van der Waals surface area contributed by atoms with E-state index in [1.165, 1.54) is 0 Å². The first-order valence-electron chi connectivity index (χ1n) is 11.2. The Morgan fingerprint density at radius 3 is 2.67 bits per heavy atom. The molecule has 0 spiro atoms. The number of benzene rings is 1. The topological polar surface area (TPSA) is 81.5 Å². The van der Waals surface area contributed by atoms with E-state index in [4.69, 9.17) is 14.5 Å². The van der Waals surface area contributed by atoms with Crippen LogP contribution in [0, 0.1) is 13.8 Å². The van der Waals surface area contributed by atoms with Gasteiger partial charge in [-0.15, -0.1) is 0 Å². The van der Waals surface area contributed by atoms with Crippen molar-refractivity contribution in [3.05, 3.63) is 64.2 Å². The predicted molar refractivity (Wildman–Crippen MR) is 130 cm³/mol. The molecular formula is C25H31N5O3. The number of hydrogen-bond acceptors (Lipinski definition) is 7. The van der Waals surface area contributed by atoms with Crippen molar-refractivity contribution in [3.63, 3.8) is 0 Å². The number of aromatic nitrogens is 3. The molecule has 2 atom stereocenters. The van der Waals surface area contributed by atoms with Crippen molar-refractivity contribution in [1.82, 2.24) is 14.5 Å². The van der Waals surface area contributed by atoms with Crippen LogP contribution in [-0.2, 0) is 11.8 Å². The monoisotopic (exact) mass is 449 g/mol. The minimum absolute atomic E-state index is 0.0614. The molecule has 1 aromatic carbocycles. The zero-order valence-corrected chi connectivity index (χ0v) is 19.8. The molecule has 3 aromatic rings. The summed E-state index contributed by atoms with van der Waals surface area (Å²) in [4.78, 5) is 24.8. The summed E-state index contributed by atoms with van der Waals surface area (Å²) in [5, 5.41) is 3.45. The predicted octanol–water partition coefficient (Wildman–Crippen LogP) is 3.17. The lowest BCUT2D eigenvalue weighted by Crippen LogP contribution is -2.38. The molecule has 8 nitrogen and oxygen atoms in total. The first kappa shape index (κ1) is 22.8. The fourth-order valence-electron chi connectivity index (χ4n) is 4.34. The molecule has 1 aliphatic heterocycles. The van der Waals surface area contributed by atoms with E-state index in [1.54, 1.807) is 24.9 Å². The quantitative estimate of drug-likeness (QED) is 0.593. The van der Waals surface area contributed by atoms with Crippen LogP contribution in [0.15, 0.2) is 47.4 Å². The van der Waals surface area contributed by atoms with Crippen LogP contribution in [0.5, 0.6) is 5.75 Å². The minimum Gasteiger partial charge on any atom is -0.497 e. The van der Waals surface area contributed by atoms with Gasteiger partial charge in [0, 0.05) is 38.5 Å². The summed E-state index contributed by atoms with van der Waals surface area (Å²) in [5.41, 5.74) is 2.95. The lowest BCUT2D eigenvalue weighted by Gasteiger charge is -2.22. The molecule has 4 rings (SSSR count). The number of methoxy groups -OCH3 is 1. The van der Waals surface area contributed by atoms with Gasteiger partial charge in [-0.3, -0.25) is 9.36 Å². The van der Waals surface area contributed by atoms with Crippen LogP contribution in [0.3, 0.4) is 0 Å². The molecule has 2 aromatic heterocycles. The van der Waals surface area contributed by atoms with Gasteiger partial charge in [0.2, 0.25) is 0 Å². The summed E-state index contributed by atoms with van der Waals surface area (Å²) in [5.74, 6) is 2.31. The lowest BCUT2D eigenvalue weighted by molar-refractivity contribution is 0.0720. The van der Waals surface area contributed by atoms with Crippen molar-refractivity contribution in [2.45, 2.75) is 32.9 Å². The minimum atomic E-state index is -0.112. The Balaban J connectivity index is 1.64. The molecule has 0 amide bonds. The zero-order valence-electron chi connectivity index (χ0n) is 19.8. The second kappa shape index (κ2) is 9.62. The van der Waals surface area contributed by atoms with Gasteiger partial charge in [-0.05, 0) is 56.7 Å². The van der Waals surface area contributed by atoms with Gasteiger partial charge in [0.1, 0.15) is 23.1 Å². The molecule has 0 bridgehead atoms. The van der Waals surface area contributed by atoms with E-state index in [9.17, 15) is 4.79 Å². The largest absolute Gasteiger partial charge is 0.497 e. The van der Waals surface area contributed by atoms with Gasteiger partial charge in [-0.25, -0.2) is 9.97 Å². The number of aryl methyl sites for hydroxylation is 2. The first-order valence-corrected chi connectivity index (χ1v) is 11.2. The van der Waals surface area contributed by atoms with Crippen LogP contribution in [-0.4, -0.2) is 53.5 Å². The number of ether oxygens (including phenoxy) is 2. The third kappa shape index (κ3) is 4.57. The number of anilines is 2. The van der Waals surface area contributed by atoms with Crippen molar-refractivity contribution in [2.75, 3.05) is 37.0 Å². The molecular weight excluding hydrogens is 418 g/mol. The Morgan fingerprint density at radius 2 is 2.00 bits per heavy atom. The summed E-state index contributed by atoms with van der Waals surface area (Å²) in [6.45, 7) is 7.83. The second-order valence-corrected chi connectivity index (χ2v) is 8.28. The van der Waals surface area contributed by atoms with E-state index in [0.717, 1.165) is 22.7 Å². The van der Waals surface area contributed by atoms with E-state index >= 15 is 0 Å². The Labute approximate surface area is 194 Å². The first-order chi connectivity index (χ1) is 15.9. The van der Waals surface area contributed by atoms with E-state index < -0.39 is 0 Å². The number of rotatable bonds is 7. The van der Waals surface area contributed by atoms with Gasteiger partial charge in [-0.1, -0.05) is 6.07 Å². The van der Waals surface area contributed by atoms with E-state index in [2.05, 4.69) is 15.2 Å². The van der Waals surface area contributed by atoms with E-state index in [1.807, 2.05) is 57.2 Å². The molecule has 1 fully saturated rings. The van der Waals surface area contributed by atoms with Gasteiger partial charge in [-0.2, -0.15) is 0 Å². The van der Waals surface area contributed by atoms with E-state index in [0.29, 0.717) is 36.9 Å². The highest BCUT2D eigenvalue weighted by Crippen LogP contribution is 2.27. The Bertz CT molecular complexity index is 1180. The van der Waals surface area contributed by atoms with Crippen LogP contribution in [0.2, 0.25) is 0 Å². The molecule has 1 N–H and O–H groups in total. The Morgan fingerprint density at radius 1 is 1.18 bits per heavy atom. The Kier molecular flexibility index (Phi) is 6.65. The fourth-order valence-corrected chi connectivity index (χ4v) is 4.34. The van der Waals surface area contributed by atoms with Crippen molar-refractivity contribution in [1.29, 1.82) is 0 Å². The van der Waals surface area contributed by atoms with Crippen LogP contribution in [0.25, 0.3) is 11.4 Å². The third-order valence-electron chi connectivity index (χ3n) is 6.10. The Hall–Kier alpha value is -3.39. The zero-order chi connectivity index (χ0) is 23.5. The highest BCUT2D eigenvalue weighted by molar-refractivity contribution is 5.64. The molecule has 3 heterocycles. The van der Waals surface area contributed by atoms with Crippen molar-refractivity contribution >= 4 is 11.5 Å². The average molecular weight is 450 g/mol. The highest BCUT2D eigenvalue weighted by atomic mass is 16.5. The van der Waals surface area contributed by atoms with Crippen molar-refractivity contribution in [3.8, 4) is 17.1 Å². The highest BCUT2D eigenvalue weighted by Gasteiger charge is 2.35. The summed E-state index contributed by atoms with van der Waals surface area (Å²) in [6.07, 6.45) is 1.72. The van der Waals surface area contributed by atoms with Crippen LogP contribution < -0.4 is 20.5 Å². The van der Waals surface area contributed by atoms with Crippen LogP contribution >= 0.6 is 0 Å². The fraction of sp³-hybridized carbons (Fsp3) is 0.400. The number of nitrogens with zero attached hydrogens (tertiary/aromatic N) is 4. The van der Waals surface area contributed by atoms with E-state index in [-0.39, 0.29) is 17.7 Å². The number of hydrogen-bond donors (Lipinski definition) is 1. The standard InChI is InChI=1S/C25H31N5O3/c1-6-33-21-15-30(22-9-7-8-12-26-22)14-20(21)28-23-17(3)27-24(29(4)25(23)31)19-11-10-18(32-5)13-16(19)2/h7-13,20-21,28H,6,14-15H2,1-5H3/t20?,21-/m0/s1. The normalized spacial score (nSPS) is 17.9. The molecule has 0 radical (unpaired) electrons. The molecule has 1 aliphatic rings. The van der Waals surface area contributed by atoms with Crippen molar-refractivity contribution < 1.29 is 9.47 Å². The van der Waals surface area contributed by atoms with Gasteiger partial charge in [0.25, 0.3) is 5.56 Å². The summed E-state index contributed by atoms with van der Waals surface area (Å²) in [7, 11) is 3.40. The molecule has 8 heteroatoms. The molecule has 174 valence electrons. The summed E-state index contributed by atoms with van der Waals surface area (Å²) in [6, 6.07) is 11.6. The smallest absolute Gasteiger partial charge is 0.277 e. The molecule has 33 heavy (non-hydrogen) atoms. The van der Waals surface area contributed by atoms with Gasteiger partial charge in [0.05, 0.1) is 24.9 Å². The molecule has 0 saturated carbocycles. The number of pyridine rings is 1. The van der Waals surface area contributed by atoms with Gasteiger partial charge in [0.15, 0.2) is 0 Å². The maximum atomic E-state index is 13.4. The van der Waals surface area contributed by atoms with Crippen molar-refractivity contribution in [2.24, 2.45) is 7.05 Å². The second-order valence-electron chi connectivity index (χ2n) is 8.28. The molecule has 1 unspecified atom stereocenters. The molecule has 0 aliphatic carbocycles. The maximum absolute atomic E-state index is 13.4. The number of nitrogens with one attached hydrogen (secondary N) is 1. The van der Waals surface area contributed by atoms with Crippen LogP contribution in [0.4, 0.5) is 11.5 Å². The summed E-state index contributed by atoms with van der Waals surface area (Å²) >= 11 is 0. The van der Waals surface area contributed by atoms with Crippen LogP contribution in [0.1, 0.15) is 18.2 Å². The maximum Gasteiger partial charge on any atom is 0.277 e. The lowest BCUT2D eigenvalue weighted by atomic mass is 10.1.